The van der Waals surface area contributed by atoms with Crippen molar-refractivity contribution in [1.29, 1.82) is 0 Å². The van der Waals surface area contributed by atoms with Crippen molar-refractivity contribution in [3.63, 3.8) is 0 Å². The van der Waals surface area contributed by atoms with Crippen molar-refractivity contribution in [2.45, 2.75) is 31.4 Å². The van der Waals surface area contributed by atoms with Crippen molar-refractivity contribution in [2.75, 3.05) is 18.0 Å². The van der Waals surface area contributed by atoms with E-state index in [-0.39, 0.29) is 19.0 Å². The molecule has 0 bridgehead atoms. The number of ether oxygens (including phenoxy) is 1. The van der Waals surface area contributed by atoms with E-state index in [1.165, 1.54) is 17.9 Å². The topological polar surface area (TPSA) is 63.0 Å². The second-order valence-corrected chi connectivity index (χ2v) is 5.86. The summed E-state index contributed by atoms with van der Waals surface area (Å²) in [5.41, 5.74) is 0.0585. The Morgan fingerprint density at radius 3 is 2.87 bits per heavy atom. The van der Waals surface area contributed by atoms with E-state index in [4.69, 9.17) is 11.3 Å². The van der Waals surface area contributed by atoms with Crippen molar-refractivity contribution in [3.8, 4) is 0 Å². The number of carbonyl (C=O) groups is 2. The average Bonchev–Trinajstić information content (AvgIpc) is 3.22. The Balaban J connectivity index is 1.75. The molecule has 1 atom stereocenters. The van der Waals surface area contributed by atoms with Crippen LogP contribution >= 0.6 is 0 Å². The lowest BCUT2D eigenvalue weighted by molar-refractivity contribution is -0.119. The number of amides is 2. The molecule has 2 fully saturated rings. The number of carbonyl (C=O) groups excluding carboxylic acids is 2. The monoisotopic (exact) mass is 317 g/mol. The fraction of sp³-hybridized carbons (Fsp3) is 0.438. The molecule has 1 N–H and O–H groups in total. The molecule has 1 aromatic carbocycles. The molecule has 1 heterocycles. The SMILES string of the molecule is [C-]#[N+]C1(c2ccc(N3C[C@H](CNC(C)=O)OC3=O)cc2F)CC1. The standard InChI is InChI=1S/C16H16FN3O3/c1-10(21)19-8-12-9-20(15(22)23-12)11-3-4-13(14(17)7-11)16(18-2)5-6-16/h3-4,7,12H,5-6,8-9H2,1H3,(H,19,21)/t12-/m0/s1. The van der Waals surface area contributed by atoms with Gasteiger partial charge < -0.3 is 14.9 Å². The van der Waals surface area contributed by atoms with Crippen LogP contribution in [0.25, 0.3) is 4.85 Å². The predicted octanol–water partition coefficient (Wildman–Crippen LogP) is 2.20. The Morgan fingerprint density at radius 2 is 2.30 bits per heavy atom. The van der Waals surface area contributed by atoms with Gasteiger partial charge in [-0.3, -0.25) is 9.69 Å². The van der Waals surface area contributed by atoms with E-state index >= 15 is 0 Å². The van der Waals surface area contributed by atoms with Gasteiger partial charge in [-0.15, -0.1) is 0 Å². The number of halogens is 1. The number of nitrogens with one attached hydrogen (secondary N) is 1. The van der Waals surface area contributed by atoms with Crippen LogP contribution in [0.1, 0.15) is 25.3 Å². The van der Waals surface area contributed by atoms with Crippen LogP contribution in [0.3, 0.4) is 0 Å². The average molecular weight is 317 g/mol. The quantitative estimate of drug-likeness (QED) is 0.866. The Hall–Kier alpha value is -2.62. The highest BCUT2D eigenvalue weighted by Gasteiger charge is 2.54. The van der Waals surface area contributed by atoms with E-state index < -0.39 is 23.6 Å². The molecule has 6 nitrogen and oxygen atoms in total. The zero-order chi connectivity index (χ0) is 16.6. The van der Waals surface area contributed by atoms with Crippen LogP contribution in [0.4, 0.5) is 14.9 Å². The molecular weight excluding hydrogens is 301 g/mol. The van der Waals surface area contributed by atoms with Gasteiger partial charge in [-0.2, -0.15) is 0 Å². The lowest BCUT2D eigenvalue weighted by Gasteiger charge is -2.14. The minimum absolute atomic E-state index is 0.205. The third kappa shape index (κ3) is 2.84. The van der Waals surface area contributed by atoms with Gasteiger partial charge in [0.05, 0.1) is 24.3 Å². The molecule has 1 aromatic rings. The summed E-state index contributed by atoms with van der Waals surface area (Å²) in [6.07, 6.45) is 0.292. The van der Waals surface area contributed by atoms with E-state index in [9.17, 15) is 14.0 Å². The molecule has 2 amide bonds. The molecule has 2 aliphatic rings. The second kappa shape index (κ2) is 5.54. The van der Waals surface area contributed by atoms with Gasteiger partial charge in [-0.05, 0) is 18.2 Å². The van der Waals surface area contributed by atoms with E-state index in [1.54, 1.807) is 12.1 Å². The van der Waals surface area contributed by atoms with E-state index in [2.05, 4.69) is 10.2 Å². The van der Waals surface area contributed by atoms with Gasteiger partial charge in [0.2, 0.25) is 5.91 Å². The minimum atomic E-state index is -0.720. The van der Waals surface area contributed by atoms with Crippen molar-refractivity contribution in [3.05, 3.63) is 41.0 Å². The lowest BCUT2D eigenvalue weighted by Crippen LogP contribution is -2.33. The number of benzene rings is 1. The maximum absolute atomic E-state index is 14.3. The predicted molar refractivity (Wildman–Crippen MR) is 80.2 cm³/mol. The number of hydrogen-bond donors (Lipinski definition) is 1. The Labute approximate surface area is 133 Å². The van der Waals surface area contributed by atoms with Crippen molar-refractivity contribution in [2.24, 2.45) is 0 Å². The zero-order valence-electron chi connectivity index (χ0n) is 12.6. The molecule has 23 heavy (non-hydrogen) atoms. The molecule has 7 heteroatoms. The number of rotatable bonds is 4. The molecule has 1 saturated heterocycles. The first kappa shape index (κ1) is 15.3. The van der Waals surface area contributed by atoms with Gasteiger partial charge in [0.25, 0.3) is 5.54 Å². The molecular formula is C16H16FN3O3. The van der Waals surface area contributed by atoms with Gasteiger partial charge in [0, 0.05) is 19.8 Å². The van der Waals surface area contributed by atoms with Crippen LogP contribution in [-0.4, -0.2) is 31.2 Å². The molecule has 0 radical (unpaired) electrons. The van der Waals surface area contributed by atoms with Crippen LogP contribution in [0, 0.1) is 12.4 Å². The molecule has 0 spiro atoms. The summed E-state index contributed by atoms with van der Waals surface area (Å²) in [5.74, 6) is -0.683. The Morgan fingerprint density at radius 1 is 1.57 bits per heavy atom. The summed E-state index contributed by atoms with van der Waals surface area (Å²) in [7, 11) is 0. The smallest absolute Gasteiger partial charge is 0.414 e. The second-order valence-electron chi connectivity index (χ2n) is 5.86. The van der Waals surface area contributed by atoms with Gasteiger partial charge in [0.15, 0.2) is 0 Å². The van der Waals surface area contributed by atoms with E-state index in [0.29, 0.717) is 24.1 Å². The highest BCUT2D eigenvalue weighted by atomic mass is 19.1. The normalized spacial score (nSPS) is 21.5. The third-order valence-electron chi connectivity index (χ3n) is 4.16. The lowest BCUT2D eigenvalue weighted by atomic mass is 10.0. The highest BCUT2D eigenvalue weighted by Crippen LogP contribution is 2.50. The fourth-order valence-electron chi connectivity index (χ4n) is 2.71. The van der Waals surface area contributed by atoms with Crippen molar-refractivity contribution in [1.82, 2.24) is 5.32 Å². The summed E-state index contributed by atoms with van der Waals surface area (Å²) in [6.45, 7) is 9.05. The van der Waals surface area contributed by atoms with E-state index in [0.717, 1.165) is 0 Å². The molecule has 120 valence electrons. The molecule has 0 unspecified atom stereocenters. The highest BCUT2D eigenvalue weighted by molar-refractivity contribution is 5.89. The number of cyclic esters (lactones) is 1. The Bertz CT molecular complexity index is 709. The molecule has 0 aromatic heterocycles. The van der Waals surface area contributed by atoms with Crippen molar-refractivity contribution < 1.29 is 18.7 Å². The number of hydrogen-bond acceptors (Lipinski definition) is 3. The third-order valence-corrected chi connectivity index (χ3v) is 4.16. The fourth-order valence-corrected chi connectivity index (χ4v) is 2.71. The number of nitrogens with zero attached hydrogens (tertiary/aromatic N) is 2. The molecule has 3 rings (SSSR count). The summed E-state index contributed by atoms with van der Waals surface area (Å²) in [5, 5.41) is 2.59. The van der Waals surface area contributed by atoms with Gasteiger partial charge in [-0.25, -0.2) is 15.8 Å². The first-order valence-corrected chi connectivity index (χ1v) is 7.36. The zero-order valence-corrected chi connectivity index (χ0v) is 12.6. The largest absolute Gasteiger partial charge is 0.442 e. The Kier molecular flexibility index (Phi) is 3.68. The summed E-state index contributed by atoms with van der Waals surface area (Å²) < 4.78 is 19.5. The van der Waals surface area contributed by atoms with Gasteiger partial charge in [0.1, 0.15) is 11.9 Å². The molecule has 1 saturated carbocycles. The molecule has 1 aliphatic carbocycles. The number of anilines is 1. The van der Waals surface area contributed by atoms with E-state index in [1.807, 2.05) is 0 Å². The first-order chi connectivity index (χ1) is 10.9. The van der Waals surface area contributed by atoms with Crippen LogP contribution < -0.4 is 10.2 Å². The van der Waals surface area contributed by atoms with Gasteiger partial charge in [-0.1, -0.05) is 0 Å². The summed E-state index contributed by atoms with van der Waals surface area (Å²) >= 11 is 0. The minimum Gasteiger partial charge on any atom is -0.442 e. The van der Waals surface area contributed by atoms with Gasteiger partial charge >= 0.3 is 6.09 Å². The van der Waals surface area contributed by atoms with Crippen LogP contribution in [-0.2, 0) is 15.1 Å². The molecule has 1 aliphatic heterocycles. The maximum Gasteiger partial charge on any atom is 0.414 e. The first-order valence-electron chi connectivity index (χ1n) is 7.36. The van der Waals surface area contributed by atoms with Crippen LogP contribution in [0.15, 0.2) is 18.2 Å². The van der Waals surface area contributed by atoms with Crippen LogP contribution in [0.2, 0.25) is 0 Å². The summed E-state index contributed by atoms with van der Waals surface area (Å²) in [4.78, 5) is 27.7. The van der Waals surface area contributed by atoms with Crippen molar-refractivity contribution >= 4 is 17.7 Å². The maximum atomic E-state index is 14.3. The summed E-state index contributed by atoms with van der Waals surface area (Å²) in [6, 6.07) is 4.47. The van der Waals surface area contributed by atoms with Crippen LogP contribution in [0.5, 0.6) is 0 Å².